The van der Waals surface area contributed by atoms with E-state index in [2.05, 4.69) is 15.5 Å². The molecule has 0 fully saturated rings. The maximum atomic E-state index is 12.3. The number of anilines is 1. The third-order valence-corrected chi connectivity index (χ3v) is 4.60. The Labute approximate surface area is 148 Å². The van der Waals surface area contributed by atoms with E-state index in [0.29, 0.717) is 5.56 Å². The second kappa shape index (κ2) is 6.75. The van der Waals surface area contributed by atoms with Crippen LogP contribution >= 0.6 is 11.3 Å². The highest BCUT2D eigenvalue weighted by molar-refractivity contribution is 7.08. The normalized spacial score (nSPS) is 11.2. The van der Waals surface area contributed by atoms with Crippen molar-refractivity contribution in [1.29, 1.82) is 0 Å². The highest BCUT2D eigenvalue weighted by Gasteiger charge is 2.08. The van der Waals surface area contributed by atoms with E-state index in [1.807, 2.05) is 77.5 Å². The van der Waals surface area contributed by atoms with Gasteiger partial charge in [-0.15, -0.1) is 0 Å². The van der Waals surface area contributed by atoms with Crippen LogP contribution < -0.4 is 5.32 Å². The van der Waals surface area contributed by atoms with Crippen LogP contribution in [0.15, 0.2) is 65.4 Å². The summed E-state index contributed by atoms with van der Waals surface area (Å²) in [5, 5.41) is 15.1. The molecule has 25 heavy (non-hydrogen) atoms. The van der Waals surface area contributed by atoms with E-state index in [0.717, 1.165) is 27.8 Å². The Hall–Kier alpha value is -3.18. The second-order valence-corrected chi connectivity index (χ2v) is 6.32. The van der Waals surface area contributed by atoms with Crippen LogP contribution in [0.1, 0.15) is 21.6 Å². The fourth-order valence-electron chi connectivity index (χ4n) is 2.62. The highest BCUT2D eigenvalue weighted by Crippen LogP contribution is 2.22. The molecule has 122 valence electrons. The number of para-hydroxylation sites is 2. The fraction of sp³-hybridized carbons (Fsp3) is 0. The van der Waals surface area contributed by atoms with Crippen molar-refractivity contribution in [2.24, 2.45) is 0 Å². The minimum atomic E-state index is -0.104. The van der Waals surface area contributed by atoms with Gasteiger partial charge in [-0.2, -0.15) is 16.4 Å². The lowest BCUT2D eigenvalue weighted by molar-refractivity contribution is 0.102. The van der Waals surface area contributed by atoms with Crippen LogP contribution in [-0.2, 0) is 0 Å². The molecule has 5 heteroatoms. The van der Waals surface area contributed by atoms with Crippen LogP contribution in [0.5, 0.6) is 0 Å². The monoisotopic (exact) mass is 345 g/mol. The molecular weight excluding hydrogens is 330 g/mol. The number of benzene rings is 2. The molecule has 0 spiro atoms. The Morgan fingerprint density at radius 1 is 1.04 bits per heavy atom. The molecule has 4 rings (SSSR count). The van der Waals surface area contributed by atoms with E-state index in [9.17, 15) is 4.79 Å². The van der Waals surface area contributed by atoms with Crippen LogP contribution in [0.25, 0.3) is 23.1 Å². The Kier molecular flexibility index (Phi) is 4.14. The number of carbonyl (C=O) groups is 1. The summed E-state index contributed by atoms with van der Waals surface area (Å²) in [6.45, 7) is 0. The van der Waals surface area contributed by atoms with E-state index in [-0.39, 0.29) is 5.91 Å². The number of fused-ring (bicyclic) bond motifs is 1. The number of thiophene rings is 1. The van der Waals surface area contributed by atoms with Gasteiger partial charge in [0, 0.05) is 16.5 Å². The van der Waals surface area contributed by atoms with Crippen molar-refractivity contribution in [1.82, 2.24) is 10.2 Å². The zero-order valence-corrected chi connectivity index (χ0v) is 14.1. The minimum Gasteiger partial charge on any atom is -0.321 e. The van der Waals surface area contributed by atoms with Crippen molar-refractivity contribution in [2.45, 2.75) is 0 Å². The van der Waals surface area contributed by atoms with Crippen molar-refractivity contribution in [3.05, 3.63) is 82.2 Å². The van der Waals surface area contributed by atoms with Crippen LogP contribution in [0.4, 0.5) is 5.69 Å². The summed E-state index contributed by atoms with van der Waals surface area (Å²) in [5.74, 6) is -0.104. The third kappa shape index (κ3) is 3.22. The Morgan fingerprint density at radius 3 is 2.76 bits per heavy atom. The number of nitrogens with one attached hydrogen (secondary N) is 2. The van der Waals surface area contributed by atoms with Gasteiger partial charge in [-0.25, -0.2) is 0 Å². The van der Waals surface area contributed by atoms with Gasteiger partial charge in [0.2, 0.25) is 0 Å². The summed E-state index contributed by atoms with van der Waals surface area (Å²) in [5.41, 5.74) is 4.24. The lowest BCUT2D eigenvalue weighted by Gasteiger charge is -2.07. The summed E-state index contributed by atoms with van der Waals surface area (Å²) in [7, 11) is 0. The lowest BCUT2D eigenvalue weighted by Crippen LogP contribution is -2.11. The molecule has 2 aromatic carbocycles. The molecule has 2 aromatic heterocycles. The van der Waals surface area contributed by atoms with E-state index in [4.69, 9.17) is 0 Å². The maximum absolute atomic E-state index is 12.3. The number of carbonyl (C=O) groups excluding carboxylic acids is 1. The van der Waals surface area contributed by atoms with Crippen molar-refractivity contribution in [3.8, 4) is 0 Å². The van der Waals surface area contributed by atoms with Gasteiger partial charge in [-0.1, -0.05) is 42.5 Å². The van der Waals surface area contributed by atoms with Crippen LogP contribution in [0.2, 0.25) is 0 Å². The SMILES string of the molecule is O=C(Nc1ccccc1C=Cc1n[nH]c2ccccc12)c1ccsc1. The van der Waals surface area contributed by atoms with E-state index < -0.39 is 0 Å². The van der Waals surface area contributed by atoms with Gasteiger partial charge in [0.1, 0.15) is 0 Å². The largest absolute Gasteiger partial charge is 0.321 e. The molecule has 0 saturated carbocycles. The second-order valence-electron chi connectivity index (χ2n) is 5.54. The molecule has 4 aromatic rings. The molecule has 0 saturated heterocycles. The molecule has 0 aliphatic carbocycles. The fourth-order valence-corrected chi connectivity index (χ4v) is 3.26. The predicted molar refractivity (Wildman–Crippen MR) is 104 cm³/mol. The first kappa shape index (κ1) is 15.4. The molecule has 1 amide bonds. The van der Waals surface area contributed by atoms with Gasteiger partial charge in [0.25, 0.3) is 5.91 Å². The van der Waals surface area contributed by atoms with E-state index in [1.165, 1.54) is 11.3 Å². The van der Waals surface area contributed by atoms with Crippen LogP contribution in [0.3, 0.4) is 0 Å². The molecule has 0 bridgehead atoms. The predicted octanol–water partition coefficient (Wildman–Crippen LogP) is 5.05. The Balaban J connectivity index is 1.61. The van der Waals surface area contributed by atoms with Gasteiger partial charge in [-0.05, 0) is 35.2 Å². The number of rotatable bonds is 4. The lowest BCUT2D eigenvalue weighted by atomic mass is 10.1. The van der Waals surface area contributed by atoms with Gasteiger partial charge in [0.15, 0.2) is 0 Å². The zero-order chi connectivity index (χ0) is 17.1. The summed E-state index contributed by atoms with van der Waals surface area (Å²) in [4.78, 5) is 12.3. The van der Waals surface area contributed by atoms with Crippen molar-refractivity contribution in [3.63, 3.8) is 0 Å². The van der Waals surface area contributed by atoms with Gasteiger partial charge < -0.3 is 5.32 Å². The molecular formula is C20H15N3OS. The average Bonchev–Trinajstić information content (AvgIpc) is 3.31. The summed E-state index contributed by atoms with van der Waals surface area (Å²) in [6.07, 6.45) is 3.92. The molecule has 0 radical (unpaired) electrons. The summed E-state index contributed by atoms with van der Waals surface area (Å²) in [6, 6.07) is 17.5. The molecule has 2 heterocycles. The van der Waals surface area contributed by atoms with Crippen molar-refractivity contribution >= 4 is 46.0 Å². The van der Waals surface area contributed by atoms with Crippen LogP contribution in [0, 0.1) is 0 Å². The van der Waals surface area contributed by atoms with Crippen molar-refractivity contribution < 1.29 is 4.79 Å². The first-order valence-corrected chi connectivity index (χ1v) is 8.79. The van der Waals surface area contributed by atoms with Gasteiger partial charge in [0.05, 0.1) is 16.8 Å². The third-order valence-electron chi connectivity index (χ3n) is 3.91. The van der Waals surface area contributed by atoms with E-state index in [1.54, 1.807) is 0 Å². The first-order chi connectivity index (χ1) is 12.3. The quantitative estimate of drug-likeness (QED) is 0.544. The van der Waals surface area contributed by atoms with Gasteiger partial charge >= 0.3 is 0 Å². The Morgan fingerprint density at radius 2 is 1.88 bits per heavy atom. The topological polar surface area (TPSA) is 57.8 Å². The molecule has 2 N–H and O–H groups in total. The minimum absolute atomic E-state index is 0.104. The highest BCUT2D eigenvalue weighted by atomic mass is 32.1. The number of hydrogen-bond acceptors (Lipinski definition) is 3. The summed E-state index contributed by atoms with van der Waals surface area (Å²) < 4.78 is 0. The average molecular weight is 345 g/mol. The number of hydrogen-bond donors (Lipinski definition) is 2. The molecule has 4 nitrogen and oxygen atoms in total. The zero-order valence-electron chi connectivity index (χ0n) is 13.3. The van der Waals surface area contributed by atoms with Gasteiger partial charge in [-0.3, -0.25) is 9.89 Å². The molecule has 0 aliphatic heterocycles. The number of amides is 1. The standard InChI is InChI=1S/C20H15N3OS/c24-20(15-11-12-25-13-15)21-17-7-3-1-5-14(17)9-10-19-16-6-2-4-8-18(16)22-23-19/h1-13H,(H,21,24)(H,22,23). The Bertz CT molecular complexity index is 1050. The molecule has 0 unspecified atom stereocenters. The van der Waals surface area contributed by atoms with Crippen molar-refractivity contribution in [2.75, 3.05) is 5.32 Å². The van der Waals surface area contributed by atoms with E-state index >= 15 is 0 Å². The number of aromatic nitrogens is 2. The number of aromatic amines is 1. The molecule has 0 atom stereocenters. The molecule has 0 aliphatic rings. The van der Waals surface area contributed by atoms with Crippen LogP contribution in [-0.4, -0.2) is 16.1 Å². The maximum Gasteiger partial charge on any atom is 0.256 e. The smallest absolute Gasteiger partial charge is 0.256 e. The number of H-pyrrole nitrogens is 1. The first-order valence-electron chi connectivity index (χ1n) is 7.85. The summed E-state index contributed by atoms with van der Waals surface area (Å²) >= 11 is 1.51. The number of nitrogens with zero attached hydrogens (tertiary/aromatic N) is 1.